The van der Waals surface area contributed by atoms with Crippen molar-refractivity contribution >= 4 is 17.6 Å². The van der Waals surface area contributed by atoms with Gasteiger partial charge in [-0.2, -0.15) is 4.98 Å². The first-order chi connectivity index (χ1) is 14.0. The third kappa shape index (κ3) is 5.65. The van der Waals surface area contributed by atoms with Crippen LogP contribution in [0, 0.1) is 6.92 Å². The van der Waals surface area contributed by atoms with Gasteiger partial charge < -0.3 is 19.3 Å². The minimum atomic E-state index is -0.591. The zero-order valence-corrected chi connectivity index (χ0v) is 16.2. The molecular weight excluding hydrogens is 374 g/mol. The van der Waals surface area contributed by atoms with Gasteiger partial charge >= 0.3 is 5.97 Å². The lowest BCUT2D eigenvalue weighted by Crippen LogP contribution is -2.16. The van der Waals surface area contributed by atoms with Gasteiger partial charge in [0.1, 0.15) is 5.75 Å². The zero-order valence-electron chi connectivity index (χ0n) is 16.2. The second-order valence-corrected chi connectivity index (χ2v) is 6.25. The first-order valence-corrected chi connectivity index (χ1v) is 9.03. The van der Waals surface area contributed by atoms with Crippen molar-refractivity contribution in [1.29, 1.82) is 0 Å². The van der Waals surface area contributed by atoms with E-state index in [2.05, 4.69) is 15.5 Å². The lowest BCUT2D eigenvalue weighted by atomic mass is 10.1. The summed E-state index contributed by atoms with van der Waals surface area (Å²) in [5.41, 5.74) is 1.66. The van der Waals surface area contributed by atoms with E-state index >= 15 is 0 Å². The van der Waals surface area contributed by atoms with E-state index in [4.69, 9.17) is 14.0 Å². The minimum absolute atomic E-state index is 0.139. The number of anilines is 1. The molecule has 0 bridgehead atoms. The van der Waals surface area contributed by atoms with E-state index in [0.717, 1.165) is 11.3 Å². The average molecular weight is 395 g/mol. The molecule has 0 saturated carbocycles. The summed E-state index contributed by atoms with van der Waals surface area (Å²) in [6.07, 6.45) is 0.843. The maximum absolute atomic E-state index is 12.4. The topological polar surface area (TPSA) is 104 Å². The summed E-state index contributed by atoms with van der Waals surface area (Å²) < 4.78 is 15.2. The van der Waals surface area contributed by atoms with Crippen molar-refractivity contribution < 1.29 is 23.6 Å². The van der Waals surface area contributed by atoms with Crippen molar-refractivity contribution in [2.75, 3.05) is 12.4 Å². The number of amides is 1. The van der Waals surface area contributed by atoms with Gasteiger partial charge in [-0.15, -0.1) is 0 Å². The van der Waals surface area contributed by atoms with Gasteiger partial charge in [0.25, 0.3) is 5.89 Å². The molecule has 0 spiro atoms. The molecular formula is C21H21N3O5. The number of carbonyl (C=O) groups is 2. The van der Waals surface area contributed by atoms with Gasteiger partial charge in [-0.3, -0.25) is 4.79 Å². The standard InChI is InChI=1S/C21H21N3O5/c1-14-22-20(29-24-14)13-28-21(26)17-5-3-4-6-18(17)23-19(25)12-9-15-7-10-16(27-2)11-8-15/h3-8,10-11H,9,12-13H2,1-2H3,(H,23,25). The van der Waals surface area contributed by atoms with Crippen molar-refractivity contribution in [2.45, 2.75) is 26.4 Å². The van der Waals surface area contributed by atoms with Crippen molar-refractivity contribution in [2.24, 2.45) is 0 Å². The molecule has 29 heavy (non-hydrogen) atoms. The third-order valence-electron chi connectivity index (χ3n) is 4.12. The summed E-state index contributed by atoms with van der Waals surface area (Å²) in [6.45, 7) is 1.53. The Bertz CT molecular complexity index is 982. The molecule has 0 radical (unpaired) electrons. The van der Waals surface area contributed by atoms with E-state index in [1.165, 1.54) is 0 Å². The molecule has 0 aliphatic heterocycles. The van der Waals surface area contributed by atoms with E-state index in [9.17, 15) is 9.59 Å². The summed E-state index contributed by atoms with van der Waals surface area (Å²) in [4.78, 5) is 28.7. The number of benzene rings is 2. The van der Waals surface area contributed by atoms with Crippen LogP contribution in [0.2, 0.25) is 0 Å². The van der Waals surface area contributed by atoms with Crippen LogP contribution in [0.25, 0.3) is 0 Å². The molecule has 0 fully saturated rings. The van der Waals surface area contributed by atoms with E-state index in [1.807, 2.05) is 24.3 Å². The third-order valence-corrected chi connectivity index (χ3v) is 4.12. The molecule has 2 aromatic carbocycles. The predicted molar refractivity (Wildman–Crippen MR) is 105 cm³/mol. The number of methoxy groups -OCH3 is 1. The Balaban J connectivity index is 1.57. The fourth-order valence-electron chi connectivity index (χ4n) is 2.64. The number of hydrogen-bond acceptors (Lipinski definition) is 7. The number of nitrogens with zero attached hydrogens (tertiary/aromatic N) is 2. The number of rotatable bonds is 8. The van der Waals surface area contributed by atoms with Crippen LogP contribution in [0.1, 0.15) is 34.1 Å². The highest BCUT2D eigenvalue weighted by Crippen LogP contribution is 2.18. The minimum Gasteiger partial charge on any atom is -0.497 e. The second-order valence-electron chi connectivity index (χ2n) is 6.25. The predicted octanol–water partition coefficient (Wildman–Crippen LogP) is 3.31. The molecule has 8 heteroatoms. The summed E-state index contributed by atoms with van der Waals surface area (Å²) in [7, 11) is 1.61. The van der Waals surface area contributed by atoms with Crippen LogP contribution in [0.3, 0.4) is 0 Å². The molecule has 0 saturated heterocycles. The van der Waals surface area contributed by atoms with Gasteiger partial charge in [0.2, 0.25) is 5.91 Å². The number of aromatic nitrogens is 2. The first kappa shape index (κ1) is 20.1. The van der Waals surface area contributed by atoms with Crippen LogP contribution in [0.4, 0.5) is 5.69 Å². The molecule has 1 N–H and O–H groups in total. The van der Waals surface area contributed by atoms with Crippen molar-refractivity contribution in [3.05, 3.63) is 71.4 Å². The largest absolute Gasteiger partial charge is 0.497 e. The van der Waals surface area contributed by atoms with Crippen LogP contribution in [-0.4, -0.2) is 29.1 Å². The van der Waals surface area contributed by atoms with Crippen molar-refractivity contribution in [1.82, 2.24) is 10.1 Å². The van der Waals surface area contributed by atoms with E-state index in [1.54, 1.807) is 38.3 Å². The number of esters is 1. The Morgan fingerprint density at radius 3 is 2.55 bits per heavy atom. The van der Waals surface area contributed by atoms with Crippen LogP contribution in [0.15, 0.2) is 53.1 Å². The van der Waals surface area contributed by atoms with Gasteiger partial charge in [-0.25, -0.2) is 4.79 Å². The van der Waals surface area contributed by atoms with E-state index in [0.29, 0.717) is 17.9 Å². The Hall–Kier alpha value is -3.68. The maximum Gasteiger partial charge on any atom is 0.340 e. The zero-order chi connectivity index (χ0) is 20.6. The van der Waals surface area contributed by atoms with Crippen molar-refractivity contribution in [3.63, 3.8) is 0 Å². The number of nitrogens with one attached hydrogen (secondary N) is 1. The number of para-hydroxylation sites is 1. The summed E-state index contributed by atoms with van der Waals surface area (Å²) in [5.74, 6) is 0.638. The highest BCUT2D eigenvalue weighted by Gasteiger charge is 2.16. The van der Waals surface area contributed by atoms with Crippen LogP contribution >= 0.6 is 0 Å². The molecule has 0 aliphatic rings. The van der Waals surface area contributed by atoms with Gasteiger partial charge in [0.15, 0.2) is 12.4 Å². The fraction of sp³-hybridized carbons (Fsp3) is 0.238. The maximum atomic E-state index is 12.4. The quantitative estimate of drug-likeness (QED) is 0.584. The summed E-state index contributed by atoms with van der Waals surface area (Å²) >= 11 is 0. The molecule has 1 heterocycles. The molecule has 0 atom stereocenters. The highest BCUT2D eigenvalue weighted by atomic mass is 16.6. The van der Waals surface area contributed by atoms with Gasteiger partial charge in [0, 0.05) is 6.42 Å². The molecule has 3 aromatic rings. The van der Waals surface area contributed by atoms with Crippen LogP contribution in [-0.2, 0) is 22.6 Å². The summed E-state index contributed by atoms with van der Waals surface area (Å²) in [5, 5.41) is 6.41. The lowest BCUT2D eigenvalue weighted by molar-refractivity contribution is -0.116. The molecule has 0 aliphatic carbocycles. The number of hydrogen-bond donors (Lipinski definition) is 1. The van der Waals surface area contributed by atoms with Gasteiger partial charge in [0.05, 0.1) is 18.4 Å². The van der Waals surface area contributed by atoms with Crippen molar-refractivity contribution in [3.8, 4) is 5.75 Å². The van der Waals surface area contributed by atoms with E-state index < -0.39 is 5.97 Å². The Kier molecular flexibility index (Phi) is 6.57. The molecule has 0 unspecified atom stereocenters. The molecule has 1 amide bonds. The molecule has 1 aromatic heterocycles. The van der Waals surface area contributed by atoms with Crippen LogP contribution < -0.4 is 10.1 Å². The Morgan fingerprint density at radius 2 is 1.86 bits per heavy atom. The fourth-order valence-corrected chi connectivity index (χ4v) is 2.64. The van der Waals surface area contributed by atoms with Gasteiger partial charge in [-0.1, -0.05) is 29.4 Å². The average Bonchev–Trinajstić information content (AvgIpc) is 3.16. The number of carbonyl (C=O) groups excluding carboxylic acids is 2. The summed E-state index contributed by atoms with van der Waals surface area (Å²) in [6, 6.07) is 14.2. The second kappa shape index (κ2) is 9.50. The molecule has 8 nitrogen and oxygen atoms in total. The first-order valence-electron chi connectivity index (χ1n) is 9.03. The molecule has 150 valence electrons. The van der Waals surface area contributed by atoms with E-state index in [-0.39, 0.29) is 30.4 Å². The SMILES string of the molecule is COc1ccc(CCC(=O)Nc2ccccc2C(=O)OCc2nc(C)no2)cc1. The smallest absolute Gasteiger partial charge is 0.340 e. The Labute approximate surface area is 167 Å². The Morgan fingerprint density at radius 1 is 1.10 bits per heavy atom. The van der Waals surface area contributed by atoms with Gasteiger partial charge in [-0.05, 0) is 43.2 Å². The molecule has 3 rings (SSSR count). The highest BCUT2D eigenvalue weighted by molar-refractivity contribution is 6.01. The number of ether oxygens (including phenoxy) is 2. The monoisotopic (exact) mass is 395 g/mol. The number of aryl methyl sites for hydroxylation is 2. The van der Waals surface area contributed by atoms with Crippen LogP contribution in [0.5, 0.6) is 5.75 Å². The normalized spacial score (nSPS) is 10.4. The lowest BCUT2D eigenvalue weighted by Gasteiger charge is -2.10.